The molecular formula is C15H24O3S. The second kappa shape index (κ2) is 5.63. The average molecular weight is 284 g/mol. The van der Waals surface area contributed by atoms with Gasteiger partial charge in [-0.15, -0.1) is 0 Å². The van der Waals surface area contributed by atoms with E-state index in [4.69, 9.17) is 0 Å². The van der Waals surface area contributed by atoms with Gasteiger partial charge in [0.15, 0.2) is 0 Å². The molecule has 3 nitrogen and oxygen atoms in total. The van der Waals surface area contributed by atoms with Crippen molar-refractivity contribution < 1.29 is 13.0 Å². The van der Waals surface area contributed by atoms with E-state index in [1.54, 1.807) is 0 Å². The fourth-order valence-electron chi connectivity index (χ4n) is 2.19. The number of hydrogen-bond acceptors (Lipinski definition) is 2. The highest BCUT2D eigenvalue weighted by Crippen LogP contribution is 2.34. The smallest absolute Gasteiger partial charge is 0.282 e. The van der Waals surface area contributed by atoms with Gasteiger partial charge in [0.25, 0.3) is 10.1 Å². The fraction of sp³-hybridized carbons (Fsp3) is 0.600. The summed E-state index contributed by atoms with van der Waals surface area (Å²) in [7, 11) is -4.20. The van der Waals surface area contributed by atoms with Crippen molar-refractivity contribution in [3.8, 4) is 0 Å². The third-order valence-corrected chi connectivity index (χ3v) is 4.32. The van der Waals surface area contributed by atoms with Crippen molar-refractivity contribution in [2.24, 2.45) is 0 Å². The summed E-state index contributed by atoms with van der Waals surface area (Å²) in [5.74, 6) is 0.423. The largest absolute Gasteiger partial charge is 0.295 e. The summed E-state index contributed by atoms with van der Waals surface area (Å²) >= 11 is 0. The Kier molecular flexibility index (Phi) is 4.80. The zero-order chi connectivity index (χ0) is 15.0. The van der Waals surface area contributed by atoms with Crippen molar-refractivity contribution in [2.75, 3.05) is 0 Å². The number of benzene rings is 1. The molecule has 0 saturated heterocycles. The van der Waals surface area contributed by atoms with Gasteiger partial charge in [0.05, 0.1) is 0 Å². The Morgan fingerprint density at radius 3 is 1.42 bits per heavy atom. The molecule has 1 rings (SSSR count). The minimum absolute atomic E-state index is 0.0492. The molecule has 0 unspecified atom stereocenters. The van der Waals surface area contributed by atoms with Crippen LogP contribution in [0.25, 0.3) is 0 Å². The molecule has 0 aromatic heterocycles. The van der Waals surface area contributed by atoms with Gasteiger partial charge in [-0.2, -0.15) is 8.42 Å². The van der Waals surface area contributed by atoms with Crippen LogP contribution in [-0.4, -0.2) is 13.0 Å². The Morgan fingerprint density at radius 1 is 0.842 bits per heavy atom. The van der Waals surface area contributed by atoms with Crippen molar-refractivity contribution in [3.63, 3.8) is 0 Å². The van der Waals surface area contributed by atoms with E-state index in [9.17, 15) is 13.0 Å². The topological polar surface area (TPSA) is 54.4 Å². The Bertz CT molecular complexity index is 526. The highest BCUT2D eigenvalue weighted by Gasteiger charge is 2.24. The van der Waals surface area contributed by atoms with Gasteiger partial charge >= 0.3 is 0 Å². The van der Waals surface area contributed by atoms with E-state index in [-0.39, 0.29) is 16.7 Å². The van der Waals surface area contributed by atoms with Gasteiger partial charge in [0, 0.05) is 0 Å². The first-order valence-electron chi connectivity index (χ1n) is 6.70. The van der Waals surface area contributed by atoms with Gasteiger partial charge in [-0.3, -0.25) is 4.55 Å². The Balaban J connectivity index is 3.77. The molecule has 1 aromatic carbocycles. The standard InChI is InChI=1S/C15H24O3S/c1-9(2)12-7-13(10(3)4)15(19(16,17)18)14(8-12)11(5)6/h7-11H,1-6H3,(H,16,17,18). The highest BCUT2D eigenvalue weighted by molar-refractivity contribution is 7.86. The van der Waals surface area contributed by atoms with Gasteiger partial charge in [0.1, 0.15) is 4.90 Å². The summed E-state index contributed by atoms with van der Waals surface area (Å²) in [6.07, 6.45) is 0. The zero-order valence-electron chi connectivity index (χ0n) is 12.6. The first-order valence-corrected chi connectivity index (χ1v) is 8.14. The summed E-state index contributed by atoms with van der Waals surface area (Å²) in [5.41, 5.74) is 2.52. The summed E-state index contributed by atoms with van der Waals surface area (Å²) in [5, 5.41) is 0. The van der Waals surface area contributed by atoms with Gasteiger partial charge < -0.3 is 0 Å². The Morgan fingerprint density at radius 2 is 1.21 bits per heavy atom. The molecule has 0 spiro atoms. The summed E-state index contributed by atoms with van der Waals surface area (Å²) in [6.45, 7) is 11.9. The highest BCUT2D eigenvalue weighted by atomic mass is 32.2. The molecule has 19 heavy (non-hydrogen) atoms. The molecule has 1 aromatic rings. The van der Waals surface area contributed by atoms with Crippen LogP contribution in [0.1, 0.15) is 76.0 Å². The summed E-state index contributed by atoms with van der Waals surface area (Å²) in [6, 6.07) is 3.81. The van der Waals surface area contributed by atoms with Crippen LogP contribution in [0.2, 0.25) is 0 Å². The molecule has 0 bridgehead atoms. The summed E-state index contributed by atoms with van der Waals surface area (Å²) < 4.78 is 33.0. The van der Waals surface area contributed by atoms with Gasteiger partial charge in [0.2, 0.25) is 0 Å². The Hall–Kier alpha value is -0.870. The maximum Gasteiger partial charge on any atom is 0.295 e. The van der Waals surface area contributed by atoms with Crippen molar-refractivity contribution in [1.82, 2.24) is 0 Å². The van der Waals surface area contributed by atoms with Crippen LogP contribution >= 0.6 is 0 Å². The molecule has 0 fully saturated rings. The second-order valence-electron chi connectivity index (χ2n) is 5.97. The molecule has 0 atom stereocenters. The predicted octanol–water partition coefficient (Wildman–Crippen LogP) is 4.30. The van der Waals surface area contributed by atoms with Crippen LogP contribution in [0.15, 0.2) is 17.0 Å². The third kappa shape index (κ3) is 3.57. The van der Waals surface area contributed by atoms with Crippen molar-refractivity contribution >= 4 is 10.1 Å². The number of rotatable bonds is 4. The van der Waals surface area contributed by atoms with E-state index in [2.05, 4.69) is 13.8 Å². The third-order valence-electron chi connectivity index (χ3n) is 3.34. The molecule has 0 heterocycles. The SMILES string of the molecule is CC(C)c1cc(C(C)C)c(S(=O)(=O)O)c(C(C)C)c1. The maximum absolute atomic E-state index is 11.7. The molecule has 0 aliphatic rings. The quantitative estimate of drug-likeness (QED) is 0.838. The lowest BCUT2D eigenvalue weighted by molar-refractivity contribution is 0.479. The second-order valence-corrected chi connectivity index (χ2v) is 7.33. The fourth-order valence-corrected chi connectivity index (χ4v) is 3.37. The first-order chi connectivity index (χ1) is 8.55. The zero-order valence-corrected chi connectivity index (χ0v) is 13.4. The van der Waals surface area contributed by atoms with E-state index in [1.807, 2.05) is 39.8 Å². The molecule has 0 radical (unpaired) electrons. The molecule has 0 amide bonds. The minimum atomic E-state index is -4.20. The van der Waals surface area contributed by atoms with Gasteiger partial charge in [-0.1, -0.05) is 53.7 Å². The maximum atomic E-state index is 11.7. The van der Waals surface area contributed by atoms with Gasteiger partial charge in [-0.25, -0.2) is 0 Å². The summed E-state index contributed by atoms with van der Waals surface area (Å²) in [4.78, 5) is 0.0990. The van der Waals surface area contributed by atoms with Gasteiger partial charge in [-0.05, 0) is 34.4 Å². The minimum Gasteiger partial charge on any atom is -0.282 e. The van der Waals surface area contributed by atoms with E-state index in [0.29, 0.717) is 17.0 Å². The van der Waals surface area contributed by atoms with E-state index in [0.717, 1.165) is 5.56 Å². The lowest BCUT2D eigenvalue weighted by Gasteiger charge is -2.20. The van der Waals surface area contributed by atoms with E-state index in [1.165, 1.54) is 0 Å². The van der Waals surface area contributed by atoms with E-state index >= 15 is 0 Å². The molecule has 4 heteroatoms. The van der Waals surface area contributed by atoms with Crippen LogP contribution < -0.4 is 0 Å². The van der Waals surface area contributed by atoms with Crippen LogP contribution in [0, 0.1) is 0 Å². The normalized spacial score (nSPS) is 12.7. The van der Waals surface area contributed by atoms with Crippen LogP contribution in [0.4, 0.5) is 0 Å². The van der Waals surface area contributed by atoms with Crippen molar-refractivity contribution in [3.05, 3.63) is 28.8 Å². The molecular weight excluding hydrogens is 260 g/mol. The first kappa shape index (κ1) is 16.2. The molecule has 0 aliphatic heterocycles. The lowest BCUT2D eigenvalue weighted by atomic mass is 9.89. The van der Waals surface area contributed by atoms with Crippen LogP contribution in [0.5, 0.6) is 0 Å². The van der Waals surface area contributed by atoms with Crippen LogP contribution in [-0.2, 0) is 10.1 Å². The van der Waals surface area contributed by atoms with Crippen molar-refractivity contribution in [2.45, 2.75) is 64.2 Å². The lowest BCUT2D eigenvalue weighted by Crippen LogP contribution is -2.11. The average Bonchev–Trinajstić information content (AvgIpc) is 2.25. The molecule has 108 valence electrons. The molecule has 1 N–H and O–H groups in total. The molecule has 0 aliphatic carbocycles. The van der Waals surface area contributed by atoms with E-state index < -0.39 is 10.1 Å². The molecule has 0 saturated carbocycles. The number of hydrogen-bond donors (Lipinski definition) is 1. The predicted molar refractivity (Wildman–Crippen MR) is 78.5 cm³/mol. The Labute approximate surface area is 116 Å². The van der Waals surface area contributed by atoms with Crippen molar-refractivity contribution in [1.29, 1.82) is 0 Å². The van der Waals surface area contributed by atoms with Crippen LogP contribution in [0.3, 0.4) is 0 Å². The monoisotopic (exact) mass is 284 g/mol.